The summed E-state index contributed by atoms with van der Waals surface area (Å²) < 4.78 is 0. The number of anilines is 1. The predicted octanol–water partition coefficient (Wildman–Crippen LogP) is 2.52. The minimum Gasteiger partial charge on any atom is -0.368 e. The highest BCUT2D eigenvalue weighted by Crippen LogP contribution is 2.18. The van der Waals surface area contributed by atoms with Gasteiger partial charge >= 0.3 is 6.03 Å². The number of carbonyl (C=O) groups excluding carboxylic acids is 2. The molecule has 0 radical (unpaired) electrons. The summed E-state index contributed by atoms with van der Waals surface area (Å²) in [6, 6.07) is 7.66. The van der Waals surface area contributed by atoms with Gasteiger partial charge in [0, 0.05) is 43.0 Å². The summed E-state index contributed by atoms with van der Waals surface area (Å²) in [5.41, 5.74) is 1.62. The summed E-state index contributed by atoms with van der Waals surface area (Å²) in [6.45, 7) is 10.5. The van der Waals surface area contributed by atoms with Crippen molar-refractivity contribution in [3.8, 4) is 0 Å². The van der Waals surface area contributed by atoms with Crippen LogP contribution in [0.3, 0.4) is 0 Å². The maximum atomic E-state index is 12.1. The molecule has 0 spiro atoms. The SMILES string of the molecule is CC(=O)c1ccc(N2CCN(C(=O)NC(C)(C)C)CC2)cc1. The number of nitrogens with one attached hydrogen (secondary N) is 1. The summed E-state index contributed by atoms with van der Waals surface area (Å²) in [5.74, 6) is 0.0789. The van der Waals surface area contributed by atoms with Gasteiger partial charge in [-0.3, -0.25) is 4.79 Å². The molecule has 0 aliphatic carbocycles. The molecule has 0 unspecified atom stereocenters. The molecule has 2 amide bonds. The van der Waals surface area contributed by atoms with E-state index in [9.17, 15) is 9.59 Å². The molecule has 1 N–H and O–H groups in total. The number of rotatable bonds is 2. The Morgan fingerprint density at radius 3 is 2.00 bits per heavy atom. The third-order valence-corrected chi connectivity index (χ3v) is 3.69. The summed E-state index contributed by atoms with van der Waals surface area (Å²) in [6.07, 6.45) is 0. The first kappa shape index (κ1) is 16.3. The van der Waals surface area contributed by atoms with E-state index in [-0.39, 0.29) is 17.4 Å². The highest BCUT2D eigenvalue weighted by Gasteiger charge is 2.24. The number of Topliss-reactive ketones (excluding diaryl/α,β-unsaturated/α-hetero) is 1. The second-order valence-corrected chi connectivity index (χ2v) is 6.76. The maximum Gasteiger partial charge on any atom is 0.317 e. The van der Waals surface area contributed by atoms with Crippen molar-refractivity contribution in [1.29, 1.82) is 0 Å². The van der Waals surface area contributed by atoms with Crippen molar-refractivity contribution in [2.75, 3.05) is 31.1 Å². The lowest BCUT2D eigenvalue weighted by molar-refractivity contribution is 0.101. The number of nitrogens with zero attached hydrogens (tertiary/aromatic N) is 2. The molecule has 22 heavy (non-hydrogen) atoms. The fourth-order valence-corrected chi connectivity index (χ4v) is 2.47. The third kappa shape index (κ3) is 4.23. The first-order chi connectivity index (χ1) is 10.3. The Hall–Kier alpha value is -2.04. The Bertz CT molecular complexity index is 538. The first-order valence-corrected chi connectivity index (χ1v) is 7.69. The van der Waals surface area contributed by atoms with Crippen LogP contribution < -0.4 is 10.2 Å². The van der Waals surface area contributed by atoms with Crippen molar-refractivity contribution in [1.82, 2.24) is 10.2 Å². The van der Waals surface area contributed by atoms with Crippen LogP contribution in [0.25, 0.3) is 0 Å². The molecule has 0 bridgehead atoms. The topological polar surface area (TPSA) is 52.7 Å². The molecule has 120 valence electrons. The first-order valence-electron chi connectivity index (χ1n) is 7.69. The Morgan fingerprint density at radius 2 is 1.55 bits per heavy atom. The van der Waals surface area contributed by atoms with E-state index in [1.807, 2.05) is 49.9 Å². The molecular formula is C17H25N3O2. The molecule has 1 saturated heterocycles. The van der Waals surface area contributed by atoms with Crippen LogP contribution in [0.15, 0.2) is 24.3 Å². The molecule has 5 nitrogen and oxygen atoms in total. The maximum absolute atomic E-state index is 12.1. The summed E-state index contributed by atoms with van der Waals surface area (Å²) in [7, 11) is 0. The van der Waals surface area contributed by atoms with Crippen LogP contribution in [0.4, 0.5) is 10.5 Å². The van der Waals surface area contributed by atoms with Crippen molar-refractivity contribution >= 4 is 17.5 Å². The minimum absolute atomic E-state index is 0.000854. The minimum atomic E-state index is -0.212. The smallest absolute Gasteiger partial charge is 0.317 e. The molecular weight excluding hydrogens is 278 g/mol. The zero-order chi connectivity index (χ0) is 16.3. The molecule has 1 aliphatic heterocycles. The van der Waals surface area contributed by atoms with Gasteiger partial charge in [-0.1, -0.05) is 0 Å². The van der Waals surface area contributed by atoms with Gasteiger partial charge in [0.2, 0.25) is 0 Å². The molecule has 1 heterocycles. The van der Waals surface area contributed by atoms with Crippen molar-refractivity contribution in [3.63, 3.8) is 0 Å². The van der Waals surface area contributed by atoms with Crippen molar-refractivity contribution in [3.05, 3.63) is 29.8 Å². The third-order valence-electron chi connectivity index (χ3n) is 3.69. The van der Waals surface area contributed by atoms with Crippen LogP contribution in [0.5, 0.6) is 0 Å². The molecule has 5 heteroatoms. The van der Waals surface area contributed by atoms with Gasteiger partial charge in [-0.25, -0.2) is 4.79 Å². The van der Waals surface area contributed by atoms with Crippen LogP contribution in [0.2, 0.25) is 0 Å². The number of hydrogen-bond acceptors (Lipinski definition) is 3. The van der Waals surface area contributed by atoms with Gasteiger partial charge in [-0.2, -0.15) is 0 Å². The van der Waals surface area contributed by atoms with Gasteiger partial charge in [-0.15, -0.1) is 0 Å². The van der Waals surface area contributed by atoms with Crippen LogP contribution in [-0.2, 0) is 0 Å². The van der Waals surface area contributed by atoms with Crippen LogP contribution >= 0.6 is 0 Å². The molecule has 0 aromatic heterocycles. The largest absolute Gasteiger partial charge is 0.368 e. The number of amides is 2. The molecule has 1 aromatic carbocycles. The standard InChI is InChI=1S/C17H25N3O2/c1-13(21)14-5-7-15(8-6-14)19-9-11-20(12-10-19)16(22)18-17(2,3)4/h5-8H,9-12H2,1-4H3,(H,18,22). The van der Waals surface area contributed by atoms with Gasteiger partial charge in [0.15, 0.2) is 5.78 Å². The van der Waals surface area contributed by atoms with E-state index in [0.717, 1.165) is 24.3 Å². The molecule has 2 rings (SSSR count). The van der Waals surface area contributed by atoms with E-state index in [0.29, 0.717) is 13.1 Å². The molecule has 1 aromatic rings. The van der Waals surface area contributed by atoms with E-state index >= 15 is 0 Å². The van der Waals surface area contributed by atoms with E-state index in [1.165, 1.54) is 0 Å². The molecule has 1 aliphatic rings. The Morgan fingerprint density at radius 1 is 1.00 bits per heavy atom. The van der Waals surface area contributed by atoms with E-state index in [4.69, 9.17) is 0 Å². The zero-order valence-electron chi connectivity index (χ0n) is 13.8. The number of hydrogen-bond donors (Lipinski definition) is 1. The van der Waals surface area contributed by atoms with Gasteiger partial charge in [0.25, 0.3) is 0 Å². The van der Waals surface area contributed by atoms with Crippen LogP contribution in [-0.4, -0.2) is 48.4 Å². The average Bonchev–Trinajstić information content (AvgIpc) is 2.46. The van der Waals surface area contributed by atoms with Gasteiger partial charge in [0.05, 0.1) is 0 Å². The Kier molecular flexibility index (Phi) is 4.74. The fraction of sp³-hybridized carbons (Fsp3) is 0.529. The summed E-state index contributed by atoms with van der Waals surface area (Å²) >= 11 is 0. The molecule has 0 saturated carbocycles. The lowest BCUT2D eigenvalue weighted by Crippen LogP contribution is -2.55. The van der Waals surface area contributed by atoms with Crippen LogP contribution in [0.1, 0.15) is 38.1 Å². The van der Waals surface area contributed by atoms with Gasteiger partial charge in [0.1, 0.15) is 0 Å². The predicted molar refractivity (Wildman–Crippen MR) is 88.5 cm³/mol. The lowest BCUT2D eigenvalue weighted by Gasteiger charge is -2.37. The molecule has 0 atom stereocenters. The second-order valence-electron chi connectivity index (χ2n) is 6.76. The fourth-order valence-electron chi connectivity index (χ4n) is 2.47. The van der Waals surface area contributed by atoms with E-state index in [1.54, 1.807) is 6.92 Å². The number of urea groups is 1. The second kappa shape index (κ2) is 6.38. The number of benzene rings is 1. The highest BCUT2D eigenvalue weighted by molar-refractivity contribution is 5.94. The Labute approximate surface area is 132 Å². The van der Waals surface area contributed by atoms with Crippen molar-refractivity contribution in [2.45, 2.75) is 33.2 Å². The number of carbonyl (C=O) groups is 2. The quantitative estimate of drug-likeness (QED) is 0.854. The normalized spacial score (nSPS) is 15.6. The van der Waals surface area contributed by atoms with Gasteiger partial charge < -0.3 is 15.1 Å². The monoisotopic (exact) mass is 303 g/mol. The number of piperazine rings is 1. The average molecular weight is 303 g/mol. The van der Waals surface area contributed by atoms with Crippen molar-refractivity contribution in [2.24, 2.45) is 0 Å². The highest BCUT2D eigenvalue weighted by atomic mass is 16.2. The zero-order valence-corrected chi connectivity index (χ0v) is 13.8. The van der Waals surface area contributed by atoms with Crippen molar-refractivity contribution < 1.29 is 9.59 Å². The van der Waals surface area contributed by atoms with Gasteiger partial charge in [-0.05, 0) is 52.0 Å². The lowest BCUT2D eigenvalue weighted by atomic mass is 10.1. The number of ketones is 1. The summed E-state index contributed by atoms with van der Waals surface area (Å²) in [5, 5.41) is 2.99. The Balaban J connectivity index is 1.91. The van der Waals surface area contributed by atoms with E-state index < -0.39 is 0 Å². The van der Waals surface area contributed by atoms with E-state index in [2.05, 4.69) is 10.2 Å². The van der Waals surface area contributed by atoms with Crippen LogP contribution in [0, 0.1) is 0 Å². The summed E-state index contributed by atoms with van der Waals surface area (Å²) in [4.78, 5) is 27.5. The molecule has 1 fully saturated rings.